The van der Waals surface area contributed by atoms with Crippen LogP contribution in [0.4, 0.5) is 0 Å². The number of benzene rings is 1. The highest BCUT2D eigenvalue weighted by molar-refractivity contribution is 7.89. The summed E-state index contributed by atoms with van der Waals surface area (Å²) in [6, 6.07) is 5.62. The van der Waals surface area contributed by atoms with Gasteiger partial charge >= 0.3 is 0 Å². The molecule has 7 heteroatoms. The number of aliphatic hydroxyl groups is 1. The second kappa shape index (κ2) is 7.59. The van der Waals surface area contributed by atoms with Gasteiger partial charge in [-0.3, -0.25) is 4.79 Å². The number of nitrogens with one attached hydrogen (secondary N) is 2. The third-order valence-corrected chi connectivity index (χ3v) is 5.35. The van der Waals surface area contributed by atoms with E-state index in [4.69, 9.17) is 6.42 Å². The standard InChI is InChI=1S/C16H20N2O4S/c1-2-10-18-23(21,22)14-8-6-12(7-9-14)16(20)17-11-13-4-3-5-15(13)19/h1,6-9,13,15,18-19H,3-5,10-11H2,(H,17,20)/t13-,15+/m0/s1. The van der Waals surface area contributed by atoms with Crippen molar-refractivity contribution in [2.75, 3.05) is 13.1 Å². The number of carbonyl (C=O) groups excluding carboxylic acids is 1. The zero-order valence-electron chi connectivity index (χ0n) is 12.7. The molecule has 0 unspecified atom stereocenters. The number of rotatable bonds is 6. The Morgan fingerprint density at radius 1 is 1.30 bits per heavy atom. The summed E-state index contributed by atoms with van der Waals surface area (Å²) in [6.07, 6.45) is 7.32. The van der Waals surface area contributed by atoms with E-state index in [2.05, 4.69) is 16.0 Å². The lowest BCUT2D eigenvalue weighted by atomic mass is 10.1. The highest BCUT2D eigenvalue weighted by atomic mass is 32.2. The van der Waals surface area contributed by atoms with Crippen LogP contribution in [0.25, 0.3) is 0 Å². The Balaban J connectivity index is 1.96. The minimum Gasteiger partial charge on any atom is -0.393 e. The number of amides is 1. The molecule has 3 N–H and O–H groups in total. The zero-order valence-corrected chi connectivity index (χ0v) is 13.5. The Hall–Kier alpha value is -1.88. The number of carbonyl (C=O) groups is 1. The van der Waals surface area contributed by atoms with Crippen LogP contribution in [0.1, 0.15) is 29.6 Å². The topological polar surface area (TPSA) is 95.5 Å². The first-order valence-corrected chi connectivity index (χ1v) is 8.92. The Labute approximate surface area is 136 Å². The Kier molecular flexibility index (Phi) is 5.77. The van der Waals surface area contributed by atoms with Crippen molar-refractivity contribution in [2.45, 2.75) is 30.3 Å². The summed E-state index contributed by atoms with van der Waals surface area (Å²) in [5.74, 6) is 2.00. The van der Waals surface area contributed by atoms with Crippen LogP contribution < -0.4 is 10.0 Å². The maximum Gasteiger partial charge on any atom is 0.251 e. The van der Waals surface area contributed by atoms with Crippen LogP contribution in [0.3, 0.4) is 0 Å². The molecule has 0 heterocycles. The third-order valence-electron chi connectivity index (χ3n) is 3.93. The van der Waals surface area contributed by atoms with Crippen LogP contribution >= 0.6 is 0 Å². The van der Waals surface area contributed by atoms with E-state index in [-0.39, 0.29) is 29.4 Å². The molecule has 1 aromatic rings. The molecule has 6 nitrogen and oxygen atoms in total. The molecule has 23 heavy (non-hydrogen) atoms. The quantitative estimate of drug-likeness (QED) is 0.659. The summed E-state index contributed by atoms with van der Waals surface area (Å²) in [6.45, 7) is 0.331. The number of hydrogen-bond acceptors (Lipinski definition) is 4. The van der Waals surface area contributed by atoms with Crippen LogP contribution in [0.2, 0.25) is 0 Å². The summed E-state index contributed by atoms with van der Waals surface area (Å²) in [5.41, 5.74) is 0.369. The van der Waals surface area contributed by atoms with Gasteiger partial charge in [0.1, 0.15) is 0 Å². The lowest BCUT2D eigenvalue weighted by molar-refractivity contribution is 0.0916. The molecule has 1 amide bonds. The maximum atomic E-state index is 12.1. The second-order valence-electron chi connectivity index (χ2n) is 5.52. The molecular formula is C16H20N2O4S. The van der Waals surface area contributed by atoms with E-state index >= 15 is 0 Å². The molecule has 2 rings (SSSR count). The number of terminal acetylenes is 1. The van der Waals surface area contributed by atoms with Crippen LogP contribution in [0.15, 0.2) is 29.2 Å². The number of hydrogen-bond donors (Lipinski definition) is 3. The second-order valence-corrected chi connectivity index (χ2v) is 7.29. The van der Waals surface area contributed by atoms with Gasteiger partial charge in [-0.1, -0.05) is 12.3 Å². The molecule has 1 aliphatic rings. The van der Waals surface area contributed by atoms with Gasteiger partial charge in [0.05, 0.1) is 17.5 Å². The molecule has 0 bridgehead atoms. The highest BCUT2D eigenvalue weighted by Gasteiger charge is 2.25. The van der Waals surface area contributed by atoms with Crippen molar-refractivity contribution in [3.05, 3.63) is 29.8 Å². The third kappa shape index (κ3) is 4.55. The van der Waals surface area contributed by atoms with Crippen molar-refractivity contribution in [3.8, 4) is 12.3 Å². The first-order valence-electron chi connectivity index (χ1n) is 7.43. The minimum absolute atomic E-state index is 0.0514. The van der Waals surface area contributed by atoms with Crippen molar-refractivity contribution >= 4 is 15.9 Å². The van der Waals surface area contributed by atoms with Crippen molar-refractivity contribution in [1.82, 2.24) is 10.0 Å². The van der Waals surface area contributed by atoms with Crippen LogP contribution in [0.5, 0.6) is 0 Å². The average molecular weight is 336 g/mol. The van der Waals surface area contributed by atoms with E-state index in [1.807, 2.05) is 0 Å². The average Bonchev–Trinajstić information content (AvgIpc) is 2.96. The summed E-state index contributed by atoms with van der Waals surface area (Å²) >= 11 is 0. The number of sulfonamides is 1. The molecule has 1 aliphatic carbocycles. The van der Waals surface area contributed by atoms with E-state index in [0.717, 1.165) is 19.3 Å². The van der Waals surface area contributed by atoms with Gasteiger partial charge in [0.25, 0.3) is 5.91 Å². The summed E-state index contributed by atoms with van der Waals surface area (Å²) in [4.78, 5) is 12.1. The Morgan fingerprint density at radius 2 is 2.00 bits per heavy atom. The van der Waals surface area contributed by atoms with Crippen LogP contribution in [-0.2, 0) is 10.0 Å². The van der Waals surface area contributed by atoms with Crippen LogP contribution in [-0.4, -0.2) is 38.6 Å². The molecule has 1 aromatic carbocycles. The maximum absolute atomic E-state index is 12.1. The first-order chi connectivity index (χ1) is 10.9. The summed E-state index contributed by atoms with van der Waals surface area (Å²) in [5, 5.41) is 12.5. The van der Waals surface area contributed by atoms with Crippen LogP contribution in [0, 0.1) is 18.3 Å². The molecular weight excluding hydrogens is 316 g/mol. The lowest BCUT2D eigenvalue weighted by Gasteiger charge is -2.15. The highest BCUT2D eigenvalue weighted by Crippen LogP contribution is 2.24. The zero-order chi connectivity index (χ0) is 16.9. The van der Waals surface area contributed by atoms with Gasteiger partial charge in [0.15, 0.2) is 0 Å². The molecule has 2 atom stereocenters. The molecule has 1 saturated carbocycles. The van der Waals surface area contributed by atoms with Crippen molar-refractivity contribution in [1.29, 1.82) is 0 Å². The van der Waals surface area contributed by atoms with Crippen molar-refractivity contribution < 1.29 is 18.3 Å². The molecule has 0 aliphatic heterocycles. The van der Waals surface area contributed by atoms with E-state index in [0.29, 0.717) is 12.1 Å². The van der Waals surface area contributed by atoms with E-state index in [1.54, 1.807) is 0 Å². The van der Waals surface area contributed by atoms with Gasteiger partial charge < -0.3 is 10.4 Å². The van der Waals surface area contributed by atoms with Gasteiger partial charge in [-0.15, -0.1) is 6.42 Å². The molecule has 0 spiro atoms. The number of aliphatic hydroxyl groups excluding tert-OH is 1. The fraction of sp³-hybridized carbons (Fsp3) is 0.438. The SMILES string of the molecule is C#CCNS(=O)(=O)c1ccc(C(=O)NC[C@@H]2CCC[C@H]2O)cc1. The fourth-order valence-electron chi connectivity index (χ4n) is 2.59. The molecule has 124 valence electrons. The fourth-order valence-corrected chi connectivity index (χ4v) is 3.52. The summed E-state index contributed by atoms with van der Waals surface area (Å²) in [7, 11) is -3.65. The van der Waals surface area contributed by atoms with Crippen molar-refractivity contribution in [3.63, 3.8) is 0 Å². The first kappa shape index (κ1) is 17.5. The van der Waals surface area contributed by atoms with Gasteiger partial charge in [0, 0.05) is 18.0 Å². The van der Waals surface area contributed by atoms with E-state index in [1.165, 1.54) is 24.3 Å². The lowest BCUT2D eigenvalue weighted by Crippen LogP contribution is -2.32. The Morgan fingerprint density at radius 3 is 2.57 bits per heavy atom. The van der Waals surface area contributed by atoms with Gasteiger partial charge in [-0.25, -0.2) is 8.42 Å². The largest absolute Gasteiger partial charge is 0.393 e. The van der Waals surface area contributed by atoms with E-state index in [9.17, 15) is 18.3 Å². The van der Waals surface area contributed by atoms with E-state index < -0.39 is 10.0 Å². The van der Waals surface area contributed by atoms with Gasteiger partial charge in [-0.05, 0) is 37.1 Å². The van der Waals surface area contributed by atoms with Gasteiger partial charge in [-0.2, -0.15) is 4.72 Å². The molecule has 1 fully saturated rings. The van der Waals surface area contributed by atoms with Gasteiger partial charge in [0.2, 0.25) is 10.0 Å². The molecule has 0 radical (unpaired) electrons. The normalized spacial score (nSPS) is 20.9. The molecule has 0 saturated heterocycles. The summed E-state index contributed by atoms with van der Waals surface area (Å²) < 4.78 is 26.0. The predicted octanol–water partition coefficient (Wildman–Crippen LogP) is 0.489. The smallest absolute Gasteiger partial charge is 0.251 e. The van der Waals surface area contributed by atoms with Crippen molar-refractivity contribution in [2.24, 2.45) is 5.92 Å². The minimum atomic E-state index is -3.65. The monoisotopic (exact) mass is 336 g/mol. The molecule has 0 aromatic heterocycles. The Bertz CT molecular complexity index is 692. The predicted molar refractivity (Wildman–Crippen MR) is 86.1 cm³/mol.